The molecule has 0 atom stereocenters. The lowest BCUT2D eigenvalue weighted by Crippen LogP contribution is -2.32. The average molecular weight is 217 g/mol. The van der Waals surface area contributed by atoms with Crippen molar-refractivity contribution in [3.63, 3.8) is 0 Å². The molecular weight excluding hydrogens is 198 g/mol. The standard InChI is InChI=1S/C13H19N3/c1-2-15-10-12-16(11-6-9-14)13-7-4-3-5-8-13/h3-5,7-8,15H,2,6,10-12H2,1H3. The minimum atomic E-state index is 0.570. The molecule has 0 fully saturated rings. The fourth-order valence-electron chi connectivity index (χ4n) is 1.58. The van der Waals surface area contributed by atoms with E-state index in [9.17, 15) is 0 Å². The smallest absolute Gasteiger partial charge is 0.0640 e. The fraction of sp³-hybridized carbons (Fsp3) is 0.462. The van der Waals surface area contributed by atoms with E-state index in [1.54, 1.807) is 0 Å². The summed E-state index contributed by atoms with van der Waals surface area (Å²) in [6.07, 6.45) is 0.570. The van der Waals surface area contributed by atoms with Crippen LogP contribution in [0.2, 0.25) is 0 Å². The van der Waals surface area contributed by atoms with Crippen LogP contribution < -0.4 is 10.2 Å². The van der Waals surface area contributed by atoms with E-state index < -0.39 is 0 Å². The first-order chi connectivity index (χ1) is 7.88. The van der Waals surface area contributed by atoms with Crippen LogP contribution >= 0.6 is 0 Å². The van der Waals surface area contributed by atoms with Crippen LogP contribution in [0.15, 0.2) is 30.3 Å². The largest absolute Gasteiger partial charge is 0.369 e. The zero-order valence-corrected chi connectivity index (χ0v) is 9.82. The highest BCUT2D eigenvalue weighted by atomic mass is 15.1. The van der Waals surface area contributed by atoms with Gasteiger partial charge in [-0.3, -0.25) is 0 Å². The average Bonchev–Trinajstić information content (AvgIpc) is 2.35. The molecule has 1 aromatic rings. The van der Waals surface area contributed by atoms with Crippen LogP contribution in [0.25, 0.3) is 0 Å². The third kappa shape index (κ3) is 4.33. The summed E-state index contributed by atoms with van der Waals surface area (Å²) in [4.78, 5) is 2.24. The number of anilines is 1. The summed E-state index contributed by atoms with van der Waals surface area (Å²) in [7, 11) is 0. The number of hydrogen-bond acceptors (Lipinski definition) is 3. The zero-order valence-electron chi connectivity index (χ0n) is 9.82. The highest BCUT2D eigenvalue weighted by Gasteiger charge is 2.04. The first-order valence-electron chi connectivity index (χ1n) is 5.76. The van der Waals surface area contributed by atoms with Gasteiger partial charge in [-0.25, -0.2) is 0 Å². The number of hydrogen-bond donors (Lipinski definition) is 1. The van der Waals surface area contributed by atoms with E-state index in [0.29, 0.717) is 6.42 Å². The molecule has 16 heavy (non-hydrogen) atoms. The summed E-state index contributed by atoms with van der Waals surface area (Å²) < 4.78 is 0. The molecule has 0 aromatic heterocycles. The molecule has 0 aliphatic heterocycles. The summed E-state index contributed by atoms with van der Waals surface area (Å²) >= 11 is 0. The van der Waals surface area contributed by atoms with Crippen LogP contribution in [0.1, 0.15) is 13.3 Å². The van der Waals surface area contributed by atoms with Gasteiger partial charge in [0.25, 0.3) is 0 Å². The highest BCUT2D eigenvalue weighted by Crippen LogP contribution is 2.12. The predicted molar refractivity (Wildman–Crippen MR) is 67.4 cm³/mol. The molecule has 1 N–H and O–H groups in total. The molecule has 3 heteroatoms. The van der Waals surface area contributed by atoms with Crippen molar-refractivity contribution in [3.8, 4) is 6.07 Å². The van der Waals surface area contributed by atoms with Gasteiger partial charge in [-0.1, -0.05) is 25.1 Å². The molecule has 0 radical (unpaired) electrons. The van der Waals surface area contributed by atoms with E-state index in [-0.39, 0.29) is 0 Å². The van der Waals surface area contributed by atoms with Crippen LogP contribution in [0.3, 0.4) is 0 Å². The van der Waals surface area contributed by atoms with E-state index in [0.717, 1.165) is 26.2 Å². The summed E-state index contributed by atoms with van der Waals surface area (Å²) in [5, 5.41) is 11.9. The van der Waals surface area contributed by atoms with Crippen molar-refractivity contribution < 1.29 is 0 Å². The maximum atomic E-state index is 8.64. The number of para-hydroxylation sites is 1. The highest BCUT2D eigenvalue weighted by molar-refractivity contribution is 5.45. The summed E-state index contributed by atoms with van der Waals surface area (Å²) in [5.41, 5.74) is 1.19. The van der Waals surface area contributed by atoms with Crippen LogP contribution in [-0.2, 0) is 0 Å². The maximum Gasteiger partial charge on any atom is 0.0640 e. The van der Waals surface area contributed by atoms with Gasteiger partial charge in [0.1, 0.15) is 0 Å². The van der Waals surface area contributed by atoms with Crippen LogP contribution in [0.5, 0.6) is 0 Å². The molecule has 0 aliphatic rings. The normalized spacial score (nSPS) is 9.75. The van der Waals surface area contributed by atoms with Crippen LogP contribution in [-0.4, -0.2) is 26.2 Å². The second kappa shape index (κ2) is 7.72. The molecule has 0 bridgehead atoms. The van der Waals surface area contributed by atoms with E-state index in [4.69, 9.17) is 5.26 Å². The molecule has 3 nitrogen and oxygen atoms in total. The van der Waals surface area contributed by atoms with Crippen molar-refractivity contribution in [2.24, 2.45) is 0 Å². The summed E-state index contributed by atoms with van der Waals surface area (Å²) in [6, 6.07) is 12.4. The Bertz CT molecular complexity index is 316. The second-order valence-electron chi connectivity index (χ2n) is 3.58. The van der Waals surface area contributed by atoms with Gasteiger partial charge in [-0.15, -0.1) is 0 Å². The van der Waals surface area contributed by atoms with Gasteiger partial charge >= 0.3 is 0 Å². The zero-order chi connectivity index (χ0) is 11.6. The van der Waals surface area contributed by atoms with Crippen molar-refractivity contribution in [2.45, 2.75) is 13.3 Å². The van der Waals surface area contributed by atoms with Gasteiger partial charge in [-0.05, 0) is 18.7 Å². The molecule has 0 saturated heterocycles. The molecule has 0 aliphatic carbocycles. The van der Waals surface area contributed by atoms with Crippen molar-refractivity contribution >= 4 is 5.69 Å². The fourth-order valence-corrected chi connectivity index (χ4v) is 1.58. The maximum absolute atomic E-state index is 8.64. The molecule has 0 spiro atoms. The lowest BCUT2D eigenvalue weighted by molar-refractivity contribution is 0.681. The van der Waals surface area contributed by atoms with Crippen LogP contribution in [0, 0.1) is 11.3 Å². The monoisotopic (exact) mass is 217 g/mol. The molecule has 0 saturated carbocycles. The first-order valence-corrected chi connectivity index (χ1v) is 5.76. The third-order valence-corrected chi connectivity index (χ3v) is 2.42. The first kappa shape index (κ1) is 12.5. The Labute approximate surface area is 97.7 Å². The Morgan fingerprint density at radius 3 is 2.62 bits per heavy atom. The van der Waals surface area contributed by atoms with Crippen molar-refractivity contribution in [3.05, 3.63) is 30.3 Å². The minimum absolute atomic E-state index is 0.570. The van der Waals surface area contributed by atoms with Crippen molar-refractivity contribution in [2.75, 3.05) is 31.1 Å². The van der Waals surface area contributed by atoms with E-state index >= 15 is 0 Å². The number of rotatable bonds is 7. The summed E-state index contributed by atoms with van der Waals surface area (Å²) in [6.45, 7) is 5.78. The second-order valence-corrected chi connectivity index (χ2v) is 3.58. The lowest BCUT2D eigenvalue weighted by atomic mass is 10.2. The van der Waals surface area contributed by atoms with Gasteiger partial charge in [0.05, 0.1) is 12.5 Å². The van der Waals surface area contributed by atoms with Crippen molar-refractivity contribution in [1.29, 1.82) is 5.26 Å². The molecule has 1 rings (SSSR count). The topological polar surface area (TPSA) is 39.1 Å². The van der Waals surface area contributed by atoms with Gasteiger partial charge in [0.15, 0.2) is 0 Å². The van der Waals surface area contributed by atoms with Gasteiger partial charge < -0.3 is 10.2 Å². The molecule has 0 unspecified atom stereocenters. The van der Waals surface area contributed by atoms with Crippen molar-refractivity contribution in [1.82, 2.24) is 5.32 Å². The molecular formula is C13H19N3. The molecule has 1 aromatic carbocycles. The SMILES string of the molecule is CCNCCN(CCC#N)c1ccccc1. The van der Waals surface area contributed by atoms with Gasteiger partial charge in [-0.2, -0.15) is 5.26 Å². The number of nitrogens with zero attached hydrogens (tertiary/aromatic N) is 2. The third-order valence-electron chi connectivity index (χ3n) is 2.42. The van der Waals surface area contributed by atoms with E-state index in [1.165, 1.54) is 5.69 Å². The number of nitrogens with one attached hydrogen (secondary N) is 1. The predicted octanol–water partition coefficient (Wildman–Crippen LogP) is 2.02. The quantitative estimate of drug-likeness (QED) is 0.710. The molecule has 86 valence electrons. The lowest BCUT2D eigenvalue weighted by Gasteiger charge is -2.23. The molecule has 0 heterocycles. The minimum Gasteiger partial charge on any atom is -0.369 e. The number of benzene rings is 1. The van der Waals surface area contributed by atoms with E-state index in [1.807, 2.05) is 18.2 Å². The number of likely N-dealkylation sites (N-methyl/N-ethyl adjacent to an activating group) is 1. The summed E-state index contributed by atoms with van der Waals surface area (Å²) in [5.74, 6) is 0. The van der Waals surface area contributed by atoms with Gasteiger partial charge in [0.2, 0.25) is 0 Å². The van der Waals surface area contributed by atoms with Gasteiger partial charge in [0, 0.05) is 25.3 Å². The van der Waals surface area contributed by atoms with E-state index in [2.05, 4.69) is 35.3 Å². The Kier molecular flexibility index (Phi) is 6.05. The Morgan fingerprint density at radius 2 is 2.00 bits per heavy atom. The Hall–Kier alpha value is -1.53. The Balaban J connectivity index is 2.53. The Morgan fingerprint density at radius 1 is 1.25 bits per heavy atom. The van der Waals surface area contributed by atoms with Crippen LogP contribution in [0.4, 0.5) is 5.69 Å². The number of nitriles is 1. The molecule has 0 amide bonds.